The van der Waals surface area contributed by atoms with Crippen LogP contribution in [0.5, 0.6) is 0 Å². The highest BCUT2D eigenvalue weighted by molar-refractivity contribution is 7.91. The Labute approximate surface area is 192 Å². The number of ether oxygens (including phenoxy) is 1. The Kier molecular flexibility index (Phi) is 6.50. The molecule has 1 heterocycles. The largest absolute Gasteiger partial charge is 0.444 e. The molecule has 4 amide bonds. The van der Waals surface area contributed by atoms with Crippen LogP contribution in [0.1, 0.15) is 52.9 Å². The number of rotatable bonds is 7. The van der Waals surface area contributed by atoms with Gasteiger partial charge < -0.3 is 20.1 Å². The molecule has 3 aliphatic rings. The number of carbonyl (C=O) groups excluding carboxylic acids is 4. The first-order valence-electron chi connectivity index (χ1n) is 10.7. The number of hydrogen-bond donors (Lipinski definition) is 4. The van der Waals surface area contributed by atoms with Crippen LogP contribution < -0.4 is 15.4 Å². The van der Waals surface area contributed by atoms with Crippen molar-refractivity contribution >= 4 is 33.8 Å². The highest BCUT2D eigenvalue weighted by atomic mass is 32.2. The molecule has 3 fully saturated rings. The lowest BCUT2D eigenvalue weighted by molar-refractivity contribution is -0.137. The third-order valence-corrected chi connectivity index (χ3v) is 7.32. The van der Waals surface area contributed by atoms with Crippen LogP contribution in [0, 0.1) is 0 Å². The molecule has 33 heavy (non-hydrogen) atoms. The zero-order chi connectivity index (χ0) is 24.8. The monoisotopic (exact) mass is 486 g/mol. The molecular weight excluding hydrogens is 456 g/mol. The van der Waals surface area contributed by atoms with Crippen LogP contribution >= 0.6 is 0 Å². The molecule has 1 aliphatic heterocycles. The smallest absolute Gasteiger partial charge is 0.412 e. The lowest BCUT2D eigenvalue weighted by atomic mass is 10.1. The number of likely N-dealkylation sites (tertiary alicyclic amines) is 1. The van der Waals surface area contributed by atoms with E-state index in [0.29, 0.717) is 12.8 Å². The Morgan fingerprint density at radius 1 is 1.15 bits per heavy atom. The number of nitrogens with zero attached hydrogens (tertiary/aromatic N) is 1. The quantitative estimate of drug-likeness (QED) is 0.340. The van der Waals surface area contributed by atoms with E-state index in [0.717, 1.165) is 4.90 Å². The Balaban J connectivity index is 1.63. The highest BCUT2D eigenvalue weighted by Gasteiger charge is 2.55. The fourth-order valence-corrected chi connectivity index (χ4v) is 4.86. The van der Waals surface area contributed by atoms with Gasteiger partial charge in [-0.05, 0) is 46.5 Å². The summed E-state index contributed by atoms with van der Waals surface area (Å²) in [6.07, 6.45) is -0.511. The number of sulfonamides is 1. The number of nitrogens with one attached hydrogen (secondary N) is 3. The van der Waals surface area contributed by atoms with Crippen molar-refractivity contribution in [3.8, 4) is 0 Å². The molecule has 0 aromatic rings. The van der Waals surface area contributed by atoms with Gasteiger partial charge in [-0.3, -0.25) is 24.4 Å². The first-order chi connectivity index (χ1) is 15.1. The van der Waals surface area contributed by atoms with Crippen LogP contribution in [0.2, 0.25) is 0 Å². The normalized spacial score (nSPS) is 23.9. The minimum absolute atomic E-state index is 0.0879. The average Bonchev–Trinajstić information content (AvgIpc) is 3.57. The molecule has 0 radical (unpaired) electrons. The predicted molar refractivity (Wildman–Crippen MR) is 115 cm³/mol. The van der Waals surface area contributed by atoms with E-state index in [9.17, 15) is 32.7 Å². The van der Waals surface area contributed by atoms with Crippen LogP contribution in [-0.2, 0) is 29.1 Å². The van der Waals surface area contributed by atoms with E-state index in [1.807, 2.05) is 4.72 Å². The van der Waals surface area contributed by atoms with Gasteiger partial charge in [-0.25, -0.2) is 13.2 Å². The highest BCUT2D eigenvalue weighted by Crippen LogP contribution is 2.37. The van der Waals surface area contributed by atoms with E-state index in [2.05, 4.69) is 17.2 Å². The molecule has 2 saturated carbocycles. The maximum Gasteiger partial charge on any atom is 0.412 e. The van der Waals surface area contributed by atoms with Gasteiger partial charge in [-0.2, -0.15) is 0 Å². The molecule has 0 spiro atoms. The fourth-order valence-electron chi connectivity index (χ4n) is 3.48. The SMILES string of the molecule is C=C(NC(=O)OC(C)(C)C)C(=O)N1CC(O)C[C@H]1C(=O)NC1(C(=O)NS(=O)(=O)C2CC2)CC1. The molecule has 1 saturated heterocycles. The minimum Gasteiger partial charge on any atom is -0.444 e. The van der Waals surface area contributed by atoms with E-state index in [1.54, 1.807) is 20.8 Å². The topological polar surface area (TPSA) is 171 Å². The molecule has 1 unspecified atom stereocenters. The van der Waals surface area contributed by atoms with Crippen molar-refractivity contribution in [2.75, 3.05) is 6.54 Å². The van der Waals surface area contributed by atoms with Crippen molar-refractivity contribution in [2.24, 2.45) is 0 Å². The second-order valence-electron chi connectivity index (χ2n) is 9.72. The summed E-state index contributed by atoms with van der Waals surface area (Å²) in [5, 5.41) is 14.2. The number of β-amino-alcohol motifs (C(OH)–C–C–N with tert-alkyl or cyclic N) is 1. The first-order valence-corrected chi connectivity index (χ1v) is 12.2. The van der Waals surface area contributed by atoms with Gasteiger partial charge in [0.1, 0.15) is 22.9 Å². The van der Waals surface area contributed by atoms with Crippen molar-refractivity contribution in [1.82, 2.24) is 20.3 Å². The molecule has 0 bridgehead atoms. The van der Waals surface area contributed by atoms with Crippen LogP contribution in [0.3, 0.4) is 0 Å². The Hall–Kier alpha value is -2.67. The summed E-state index contributed by atoms with van der Waals surface area (Å²) < 4.78 is 31.2. The second kappa shape index (κ2) is 8.60. The molecule has 2 atom stereocenters. The van der Waals surface area contributed by atoms with Gasteiger partial charge in [0.15, 0.2) is 0 Å². The summed E-state index contributed by atoms with van der Waals surface area (Å²) in [4.78, 5) is 51.2. The number of amides is 4. The van der Waals surface area contributed by atoms with Crippen molar-refractivity contribution < 1.29 is 37.4 Å². The predicted octanol–water partition coefficient (Wildman–Crippen LogP) is -0.756. The van der Waals surface area contributed by atoms with E-state index in [-0.39, 0.29) is 31.5 Å². The molecule has 13 heteroatoms. The maximum absolute atomic E-state index is 12.9. The van der Waals surface area contributed by atoms with Gasteiger partial charge >= 0.3 is 6.09 Å². The number of aliphatic hydroxyl groups excluding tert-OH is 1. The van der Waals surface area contributed by atoms with Gasteiger partial charge in [0.05, 0.1) is 11.4 Å². The van der Waals surface area contributed by atoms with Gasteiger partial charge in [0, 0.05) is 13.0 Å². The summed E-state index contributed by atoms with van der Waals surface area (Å²) in [7, 11) is -3.77. The van der Waals surface area contributed by atoms with E-state index in [4.69, 9.17) is 4.74 Å². The summed E-state index contributed by atoms with van der Waals surface area (Å²) in [5.74, 6) is -2.31. The van der Waals surface area contributed by atoms with Crippen LogP contribution in [-0.4, -0.2) is 77.3 Å². The van der Waals surface area contributed by atoms with E-state index >= 15 is 0 Å². The minimum atomic E-state index is -3.77. The van der Waals surface area contributed by atoms with Crippen LogP contribution in [0.4, 0.5) is 4.79 Å². The number of aliphatic hydroxyl groups is 1. The fraction of sp³-hybridized carbons (Fsp3) is 0.700. The average molecular weight is 487 g/mol. The molecular formula is C20H30N4O8S. The molecule has 2 aliphatic carbocycles. The molecule has 12 nitrogen and oxygen atoms in total. The van der Waals surface area contributed by atoms with Crippen molar-refractivity contribution in [3.63, 3.8) is 0 Å². The second-order valence-corrected chi connectivity index (χ2v) is 11.7. The van der Waals surface area contributed by atoms with Crippen molar-refractivity contribution in [1.29, 1.82) is 0 Å². The van der Waals surface area contributed by atoms with Gasteiger partial charge in [0.2, 0.25) is 15.9 Å². The van der Waals surface area contributed by atoms with E-state index in [1.165, 1.54) is 0 Å². The zero-order valence-electron chi connectivity index (χ0n) is 18.8. The summed E-state index contributed by atoms with van der Waals surface area (Å²) in [5.41, 5.74) is -2.51. The van der Waals surface area contributed by atoms with Crippen molar-refractivity contribution in [2.45, 2.75) is 81.4 Å². The third-order valence-electron chi connectivity index (χ3n) is 5.50. The molecule has 0 aromatic carbocycles. The number of alkyl carbamates (subject to hydrolysis) is 1. The van der Waals surface area contributed by atoms with E-state index < -0.39 is 62.4 Å². The van der Waals surface area contributed by atoms with Gasteiger partial charge in [-0.15, -0.1) is 0 Å². The molecule has 184 valence electrons. The number of carbonyl (C=O) groups is 4. The Morgan fingerprint density at radius 3 is 2.27 bits per heavy atom. The number of hydrogen-bond acceptors (Lipinski definition) is 8. The lowest BCUT2D eigenvalue weighted by Crippen LogP contribution is -2.56. The summed E-state index contributed by atoms with van der Waals surface area (Å²) in [6, 6.07) is -1.13. The Bertz CT molecular complexity index is 979. The van der Waals surface area contributed by atoms with Crippen LogP contribution in [0.25, 0.3) is 0 Å². The third kappa shape index (κ3) is 6.02. The molecule has 4 N–H and O–H groups in total. The first kappa shape index (κ1) is 25.0. The Morgan fingerprint density at radius 2 is 1.76 bits per heavy atom. The van der Waals surface area contributed by atoms with Gasteiger partial charge in [-0.1, -0.05) is 6.58 Å². The summed E-state index contributed by atoms with van der Waals surface area (Å²) in [6.45, 7) is 8.28. The van der Waals surface area contributed by atoms with Crippen molar-refractivity contribution in [3.05, 3.63) is 12.3 Å². The molecule has 3 rings (SSSR count). The summed E-state index contributed by atoms with van der Waals surface area (Å²) >= 11 is 0. The zero-order valence-corrected chi connectivity index (χ0v) is 19.7. The van der Waals surface area contributed by atoms with Crippen LogP contribution in [0.15, 0.2) is 12.3 Å². The standard InChI is InChI=1S/C20H30N4O8S/c1-11(21-18(29)32-19(2,3)4)16(27)24-10-12(25)9-14(24)15(26)22-20(7-8-20)17(28)23-33(30,31)13-5-6-13/h12-14,25H,1,5-10H2,2-4H3,(H,21,29)(H,22,26)(H,23,28)/t12?,14-/m0/s1. The molecule has 0 aromatic heterocycles. The maximum atomic E-state index is 12.9. The van der Waals surface area contributed by atoms with Gasteiger partial charge in [0.25, 0.3) is 11.8 Å². The lowest BCUT2D eigenvalue weighted by Gasteiger charge is -2.27.